The highest BCUT2D eigenvalue weighted by Crippen LogP contribution is 2.38. The van der Waals surface area contributed by atoms with Gasteiger partial charge >= 0.3 is 0 Å². The van der Waals surface area contributed by atoms with Crippen molar-refractivity contribution in [3.05, 3.63) is 59.7 Å². The molecule has 0 saturated carbocycles. The highest BCUT2D eigenvalue weighted by atomic mass is 35.5. The zero-order valence-corrected chi connectivity index (χ0v) is 24.0. The molecule has 13 heteroatoms. The van der Waals surface area contributed by atoms with Crippen molar-refractivity contribution >= 4 is 45.6 Å². The first-order chi connectivity index (χ1) is 21.0. The molecule has 0 spiro atoms. The van der Waals surface area contributed by atoms with Gasteiger partial charge in [0.15, 0.2) is 6.29 Å². The number of fused-ring (bicyclic) bond motifs is 3. The quantitative estimate of drug-likeness (QED) is 0.363. The van der Waals surface area contributed by atoms with E-state index in [1.807, 2.05) is 6.08 Å². The van der Waals surface area contributed by atoms with E-state index in [1.54, 1.807) is 18.2 Å². The Hall–Kier alpha value is -3.39. The van der Waals surface area contributed by atoms with Crippen LogP contribution in [0.4, 0.5) is 21.6 Å². The number of aromatic nitrogens is 2. The van der Waals surface area contributed by atoms with Crippen LogP contribution in [0.5, 0.6) is 5.75 Å². The molecule has 3 aromatic rings. The van der Waals surface area contributed by atoms with Crippen LogP contribution in [0.3, 0.4) is 0 Å². The molecule has 4 fully saturated rings. The van der Waals surface area contributed by atoms with Gasteiger partial charge in [-0.1, -0.05) is 17.7 Å². The van der Waals surface area contributed by atoms with Gasteiger partial charge in [-0.15, -0.1) is 0 Å². The number of ether oxygens (including phenoxy) is 5. The summed E-state index contributed by atoms with van der Waals surface area (Å²) in [4.78, 5) is 24.2. The zero-order valence-electron chi connectivity index (χ0n) is 23.2. The van der Waals surface area contributed by atoms with Gasteiger partial charge in [0.25, 0.3) is 0 Å². The van der Waals surface area contributed by atoms with E-state index >= 15 is 0 Å². The van der Waals surface area contributed by atoms with Gasteiger partial charge in [-0.05, 0) is 30.7 Å². The third-order valence-electron chi connectivity index (χ3n) is 8.11. The molecule has 2 aromatic carbocycles. The second-order valence-corrected chi connectivity index (χ2v) is 11.4. The van der Waals surface area contributed by atoms with Crippen LogP contribution >= 0.6 is 11.6 Å². The average molecular weight is 612 g/mol. The molecular weight excluding hydrogens is 581 g/mol. The third-order valence-corrected chi connectivity index (χ3v) is 8.40. The van der Waals surface area contributed by atoms with Crippen LogP contribution in [0.25, 0.3) is 10.9 Å². The van der Waals surface area contributed by atoms with Crippen LogP contribution in [0.1, 0.15) is 6.42 Å². The molecule has 4 saturated heterocycles. The number of carbonyl (C=O) groups is 1. The molecule has 1 amide bonds. The first kappa shape index (κ1) is 28.4. The summed E-state index contributed by atoms with van der Waals surface area (Å²) in [5, 5.41) is 6.76. The Morgan fingerprint density at radius 1 is 1.09 bits per heavy atom. The van der Waals surface area contributed by atoms with Gasteiger partial charge in [0.1, 0.15) is 29.8 Å². The summed E-state index contributed by atoms with van der Waals surface area (Å²) >= 11 is 5.98. The van der Waals surface area contributed by atoms with Gasteiger partial charge in [-0.25, -0.2) is 14.4 Å². The number of carbonyl (C=O) groups excluding carboxylic acids is 1. The standard InChI is InChI=1S/C30H31ClFN5O6/c31-20-10-17(3-4-21(20)32)35-29-19-11-23(36-28(38)2-1-6-37-13-25-26(14-37)40-9-8-39-25)24(12-22(19)33-16-34-29)43-27-15-42-30-18(27)5-7-41-30/h1-4,10-12,16,18,25-27,30H,5-9,13-15H2,(H,36,38)(H,33,34,35). The Bertz CT molecular complexity index is 1530. The van der Waals surface area contributed by atoms with Crippen LogP contribution in [-0.2, 0) is 23.7 Å². The lowest BCUT2D eigenvalue weighted by molar-refractivity contribution is -0.116. The topological polar surface area (TPSA) is 116 Å². The fourth-order valence-electron chi connectivity index (χ4n) is 5.97. The molecule has 7 rings (SSSR count). The van der Waals surface area contributed by atoms with Crippen molar-refractivity contribution < 1.29 is 32.9 Å². The van der Waals surface area contributed by atoms with E-state index in [2.05, 4.69) is 25.5 Å². The van der Waals surface area contributed by atoms with Crippen molar-refractivity contribution in [1.82, 2.24) is 14.9 Å². The lowest BCUT2D eigenvalue weighted by atomic mass is 10.0. The Morgan fingerprint density at radius 3 is 2.74 bits per heavy atom. The van der Waals surface area contributed by atoms with E-state index in [-0.39, 0.29) is 41.4 Å². The Balaban J connectivity index is 1.13. The van der Waals surface area contributed by atoms with Gasteiger partial charge in [-0.3, -0.25) is 9.69 Å². The maximum Gasteiger partial charge on any atom is 0.248 e. The van der Waals surface area contributed by atoms with Crippen molar-refractivity contribution in [2.24, 2.45) is 5.92 Å². The minimum Gasteiger partial charge on any atom is -0.485 e. The van der Waals surface area contributed by atoms with Crippen molar-refractivity contribution in [1.29, 1.82) is 0 Å². The minimum atomic E-state index is -0.518. The number of likely N-dealkylation sites (tertiary alicyclic amines) is 1. The third kappa shape index (κ3) is 6.17. The van der Waals surface area contributed by atoms with Crippen LogP contribution in [0, 0.1) is 11.7 Å². The zero-order chi connectivity index (χ0) is 29.3. The Labute approximate surface area is 252 Å². The normalized spacial score (nSPS) is 27.0. The molecule has 2 N–H and O–H groups in total. The first-order valence-corrected chi connectivity index (χ1v) is 14.7. The molecule has 0 radical (unpaired) electrons. The predicted octanol–water partition coefficient (Wildman–Crippen LogP) is 3.90. The summed E-state index contributed by atoms with van der Waals surface area (Å²) in [5.74, 6) is 0.188. The molecular formula is C30H31ClFN5O6. The van der Waals surface area contributed by atoms with E-state index in [4.69, 9.17) is 35.3 Å². The molecule has 11 nitrogen and oxygen atoms in total. The fraction of sp³-hybridized carbons (Fsp3) is 0.433. The molecule has 4 aliphatic heterocycles. The number of rotatable bonds is 8. The summed E-state index contributed by atoms with van der Waals surface area (Å²) < 4.78 is 43.2. The molecule has 226 valence electrons. The maximum atomic E-state index is 13.7. The first-order valence-electron chi connectivity index (χ1n) is 14.3. The van der Waals surface area contributed by atoms with Crippen molar-refractivity contribution in [2.75, 3.05) is 56.7 Å². The highest BCUT2D eigenvalue weighted by Gasteiger charge is 2.43. The maximum absolute atomic E-state index is 13.7. The summed E-state index contributed by atoms with van der Waals surface area (Å²) in [5.41, 5.74) is 1.59. The van der Waals surface area contributed by atoms with E-state index in [0.717, 1.165) is 19.5 Å². The number of hydrogen-bond acceptors (Lipinski definition) is 10. The average Bonchev–Trinajstić information content (AvgIpc) is 3.73. The van der Waals surface area contributed by atoms with Gasteiger partial charge in [0, 0.05) is 42.9 Å². The van der Waals surface area contributed by atoms with E-state index in [0.29, 0.717) is 66.8 Å². The molecule has 5 heterocycles. The SMILES string of the molecule is O=C(C=CCN1CC2OCCOC2C1)Nc1cc2c(Nc3ccc(F)c(Cl)c3)ncnc2cc1OC1COC2OCCC12. The smallest absolute Gasteiger partial charge is 0.248 e. The van der Waals surface area contributed by atoms with Crippen molar-refractivity contribution in [3.63, 3.8) is 0 Å². The highest BCUT2D eigenvalue weighted by molar-refractivity contribution is 6.31. The second kappa shape index (κ2) is 12.3. The van der Waals surface area contributed by atoms with Crippen LogP contribution < -0.4 is 15.4 Å². The Kier molecular flexibility index (Phi) is 8.13. The lowest BCUT2D eigenvalue weighted by Crippen LogP contribution is -2.36. The van der Waals surface area contributed by atoms with Crippen LogP contribution in [-0.4, -0.2) is 91.4 Å². The summed E-state index contributed by atoms with van der Waals surface area (Å²) in [7, 11) is 0. The number of benzene rings is 2. The van der Waals surface area contributed by atoms with E-state index in [9.17, 15) is 9.18 Å². The van der Waals surface area contributed by atoms with Crippen LogP contribution in [0.15, 0.2) is 48.8 Å². The lowest BCUT2D eigenvalue weighted by Gasteiger charge is -2.24. The van der Waals surface area contributed by atoms with Gasteiger partial charge < -0.3 is 34.3 Å². The van der Waals surface area contributed by atoms with Crippen LogP contribution in [0.2, 0.25) is 5.02 Å². The second-order valence-electron chi connectivity index (χ2n) is 11.0. The molecule has 0 bridgehead atoms. The number of amides is 1. The predicted molar refractivity (Wildman–Crippen MR) is 156 cm³/mol. The fourth-order valence-corrected chi connectivity index (χ4v) is 6.15. The van der Waals surface area contributed by atoms with E-state index < -0.39 is 5.82 Å². The van der Waals surface area contributed by atoms with Gasteiger partial charge in [0.05, 0.1) is 60.8 Å². The number of anilines is 3. The Morgan fingerprint density at radius 2 is 1.93 bits per heavy atom. The molecule has 5 atom stereocenters. The van der Waals surface area contributed by atoms with Gasteiger partial charge in [-0.2, -0.15) is 0 Å². The summed E-state index contributed by atoms with van der Waals surface area (Å²) in [6, 6.07) is 7.85. The van der Waals surface area contributed by atoms with Crippen molar-refractivity contribution in [2.45, 2.75) is 31.0 Å². The number of nitrogens with zero attached hydrogens (tertiary/aromatic N) is 3. The molecule has 5 unspecified atom stereocenters. The number of halogens is 2. The summed E-state index contributed by atoms with van der Waals surface area (Å²) in [6.07, 6.45) is 5.23. The van der Waals surface area contributed by atoms with E-state index in [1.165, 1.54) is 24.5 Å². The molecule has 0 aliphatic carbocycles. The molecule has 1 aromatic heterocycles. The largest absolute Gasteiger partial charge is 0.485 e. The van der Waals surface area contributed by atoms with Gasteiger partial charge in [0.2, 0.25) is 5.91 Å². The monoisotopic (exact) mass is 611 g/mol. The molecule has 43 heavy (non-hydrogen) atoms. The number of hydrogen-bond donors (Lipinski definition) is 2. The number of nitrogens with one attached hydrogen (secondary N) is 2. The van der Waals surface area contributed by atoms with Crippen molar-refractivity contribution in [3.8, 4) is 5.75 Å². The molecule has 4 aliphatic rings. The minimum absolute atomic E-state index is 0.0143. The summed E-state index contributed by atoms with van der Waals surface area (Å²) in [6.45, 7) is 4.36.